The first-order valence-corrected chi connectivity index (χ1v) is 7.69. The van der Waals surface area contributed by atoms with Gasteiger partial charge in [0.25, 0.3) is 0 Å². The van der Waals surface area contributed by atoms with Crippen LogP contribution >= 0.6 is 0 Å². The first-order valence-electron chi connectivity index (χ1n) is 7.69. The van der Waals surface area contributed by atoms with Crippen molar-refractivity contribution in [2.24, 2.45) is 0 Å². The predicted molar refractivity (Wildman–Crippen MR) is 91.0 cm³/mol. The number of rotatable bonds is 7. The third-order valence-corrected chi connectivity index (χ3v) is 3.51. The standard InChI is InChI=1S/C19H23NO3/c1-14-6-4-5-7-18(14)23-13-15(2)20-19(21)12-16-8-10-17(22-3)11-9-16/h4-11,15H,12-13H2,1-3H3,(H,20,21)/t15-/m0/s1. The summed E-state index contributed by atoms with van der Waals surface area (Å²) in [5, 5.41) is 2.95. The Hall–Kier alpha value is -2.49. The van der Waals surface area contributed by atoms with E-state index in [1.54, 1.807) is 7.11 Å². The molecule has 0 saturated heterocycles. The van der Waals surface area contributed by atoms with Crippen LogP contribution in [0.1, 0.15) is 18.1 Å². The summed E-state index contributed by atoms with van der Waals surface area (Å²) < 4.78 is 10.9. The van der Waals surface area contributed by atoms with E-state index in [-0.39, 0.29) is 11.9 Å². The van der Waals surface area contributed by atoms with Crippen molar-refractivity contribution >= 4 is 5.91 Å². The molecule has 2 aromatic carbocycles. The molecule has 0 unspecified atom stereocenters. The fourth-order valence-corrected chi connectivity index (χ4v) is 2.23. The number of carbonyl (C=O) groups is 1. The van der Waals surface area contributed by atoms with E-state index >= 15 is 0 Å². The van der Waals surface area contributed by atoms with E-state index in [0.29, 0.717) is 13.0 Å². The molecular formula is C19H23NO3. The van der Waals surface area contributed by atoms with Crippen LogP contribution in [0, 0.1) is 6.92 Å². The van der Waals surface area contributed by atoms with Gasteiger partial charge in [0.15, 0.2) is 0 Å². The van der Waals surface area contributed by atoms with Crippen LogP contribution in [0.5, 0.6) is 11.5 Å². The summed E-state index contributed by atoms with van der Waals surface area (Å²) in [7, 11) is 1.62. The zero-order valence-electron chi connectivity index (χ0n) is 13.8. The van der Waals surface area contributed by atoms with Gasteiger partial charge in [-0.3, -0.25) is 4.79 Å². The SMILES string of the molecule is COc1ccc(CC(=O)N[C@@H](C)COc2ccccc2C)cc1. The lowest BCUT2D eigenvalue weighted by Crippen LogP contribution is -2.37. The average Bonchev–Trinajstić information content (AvgIpc) is 2.54. The molecule has 0 aromatic heterocycles. The fourth-order valence-electron chi connectivity index (χ4n) is 2.23. The molecule has 0 bridgehead atoms. The van der Waals surface area contributed by atoms with Crippen LogP contribution in [0.25, 0.3) is 0 Å². The molecule has 1 amide bonds. The molecule has 0 radical (unpaired) electrons. The minimum absolute atomic E-state index is 0.0175. The highest BCUT2D eigenvalue weighted by molar-refractivity contribution is 5.78. The minimum Gasteiger partial charge on any atom is -0.497 e. The predicted octanol–water partition coefficient (Wildman–Crippen LogP) is 3.13. The number of hydrogen-bond acceptors (Lipinski definition) is 3. The summed E-state index contributed by atoms with van der Waals surface area (Å²) in [6.07, 6.45) is 0.346. The third kappa shape index (κ3) is 5.33. The lowest BCUT2D eigenvalue weighted by atomic mass is 10.1. The zero-order chi connectivity index (χ0) is 16.7. The smallest absolute Gasteiger partial charge is 0.224 e. The maximum absolute atomic E-state index is 12.1. The Kier molecular flexibility index (Phi) is 6.03. The van der Waals surface area contributed by atoms with Gasteiger partial charge in [-0.25, -0.2) is 0 Å². The Bertz CT molecular complexity index is 637. The van der Waals surface area contributed by atoms with Crippen molar-refractivity contribution in [3.8, 4) is 11.5 Å². The van der Waals surface area contributed by atoms with Gasteiger partial charge < -0.3 is 14.8 Å². The molecule has 0 aliphatic heterocycles. The second-order valence-corrected chi connectivity index (χ2v) is 5.57. The van der Waals surface area contributed by atoms with Crippen LogP contribution in [0.3, 0.4) is 0 Å². The summed E-state index contributed by atoms with van der Waals surface area (Å²) in [6.45, 7) is 4.38. The van der Waals surface area contributed by atoms with E-state index in [4.69, 9.17) is 9.47 Å². The number of para-hydroxylation sites is 1. The zero-order valence-corrected chi connectivity index (χ0v) is 13.8. The first kappa shape index (κ1) is 16.9. The number of ether oxygens (including phenoxy) is 2. The molecule has 0 aliphatic carbocycles. The molecule has 0 heterocycles. The van der Waals surface area contributed by atoms with Gasteiger partial charge in [-0.05, 0) is 43.2 Å². The second kappa shape index (κ2) is 8.22. The van der Waals surface area contributed by atoms with Gasteiger partial charge in [-0.15, -0.1) is 0 Å². The van der Waals surface area contributed by atoms with Crippen LogP contribution in [0.4, 0.5) is 0 Å². The molecule has 0 saturated carbocycles. The van der Waals surface area contributed by atoms with Crippen LogP contribution in [-0.2, 0) is 11.2 Å². The molecule has 0 aliphatic rings. The number of hydrogen-bond donors (Lipinski definition) is 1. The van der Waals surface area contributed by atoms with Crippen molar-refractivity contribution < 1.29 is 14.3 Å². The van der Waals surface area contributed by atoms with Crippen molar-refractivity contribution in [1.29, 1.82) is 0 Å². The van der Waals surface area contributed by atoms with Crippen molar-refractivity contribution in [2.45, 2.75) is 26.3 Å². The topological polar surface area (TPSA) is 47.6 Å². The first-order chi connectivity index (χ1) is 11.1. The Labute approximate surface area is 137 Å². The van der Waals surface area contributed by atoms with Crippen molar-refractivity contribution in [3.63, 3.8) is 0 Å². The molecule has 1 N–H and O–H groups in total. The molecule has 122 valence electrons. The largest absolute Gasteiger partial charge is 0.497 e. The van der Waals surface area contributed by atoms with Crippen molar-refractivity contribution in [2.75, 3.05) is 13.7 Å². The maximum atomic E-state index is 12.1. The summed E-state index contributed by atoms with van der Waals surface area (Å²) >= 11 is 0. The van der Waals surface area contributed by atoms with Gasteiger partial charge in [-0.2, -0.15) is 0 Å². The quantitative estimate of drug-likeness (QED) is 0.854. The van der Waals surface area contributed by atoms with Gasteiger partial charge >= 0.3 is 0 Å². The van der Waals surface area contributed by atoms with Crippen LogP contribution < -0.4 is 14.8 Å². The van der Waals surface area contributed by atoms with E-state index in [2.05, 4.69) is 5.32 Å². The van der Waals surface area contributed by atoms with Crippen molar-refractivity contribution in [3.05, 3.63) is 59.7 Å². The molecular weight excluding hydrogens is 290 g/mol. The van der Waals surface area contributed by atoms with Crippen molar-refractivity contribution in [1.82, 2.24) is 5.32 Å². The monoisotopic (exact) mass is 313 g/mol. The maximum Gasteiger partial charge on any atom is 0.224 e. The van der Waals surface area contributed by atoms with Gasteiger partial charge in [-0.1, -0.05) is 30.3 Å². The molecule has 0 fully saturated rings. The van der Waals surface area contributed by atoms with E-state index in [1.807, 2.05) is 62.4 Å². The number of aryl methyl sites for hydroxylation is 1. The number of methoxy groups -OCH3 is 1. The Morgan fingerprint density at radius 1 is 1.13 bits per heavy atom. The highest BCUT2D eigenvalue weighted by atomic mass is 16.5. The normalized spacial score (nSPS) is 11.6. The minimum atomic E-state index is -0.0552. The number of benzene rings is 2. The van der Waals surface area contributed by atoms with Gasteiger partial charge in [0, 0.05) is 0 Å². The molecule has 2 rings (SSSR count). The second-order valence-electron chi connectivity index (χ2n) is 5.57. The lowest BCUT2D eigenvalue weighted by molar-refractivity contribution is -0.121. The molecule has 0 spiro atoms. The van der Waals surface area contributed by atoms with Crippen LogP contribution in [0.15, 0.2) is 48.5 Å². The van der Waals surface area contributed by atoms with Crippen LogP contribution in [-0.4, -0.2) is 25.7 Å². The fraction of sp³-hybridized carbons (Fsp3) is 0.316. The molecule has 4 heteroatoms. The van der Waals surface area contributed by atoms with Gasteiger partial charge in [0.1, 0.15) is 18.1 Å². The third-order valence-electron chi connectivity index (χ3n) is 3.51. The lowest BCUT2D eigenvalue weighted by Gasteiger charge is -2.16. The van der Waals surface area contributed by atoms with E-state index in [1.165, 1.54) is 0 Å². The summed E-state index contributed by atoms with van der Waals surface area (Å²) in [4.78, 5) is 12.1. The van der Waals surface area contributed by atoms with E-state index in [0.717, 1.165) is 22.6 Å². The van der Waals surface area contributed by atoms with Crippen LogP contribution in [0.2, 0.25) is 0 Å². The molecule has 2 aromatic rings. The summed E-state index contributed by atoms with van der Waals surface area (Å²) in [5.74, 6) is 1.62. The molecule has 4 nitrogen and oxygen atoms in total. The Morgan fingerprint density at radius 3 is 2.48 bits per heavy atom. The van der Waals surface area contributed by atoms with Gasteiger partial charge in [0.05, 0.1) is 19.6 Å². The number of carbonyl (C=O) groups excluding carboxylic acids is 1. The van der Waals surface area contributed by atoms with Gasteiger partial charge in [0.2, 0.25) is 5.91 Å². The molecule has 1 atom stereocenters. The Morgan fingerprint density at radius 2 is 1.83 bits per heavy atom. The number of amides is 1. The number of nitrogens with one attached hydrogen (secondary N) is 1. The van der Waals surface area contributed by atoms with E-state index in [9.17, 15) is 4.79 Å². The molecule has 23 heavy (non-hydrogen) atoms. The van der Waals surface area contributed by atoms with E-state index < -0.39 is 0 Å². The average molecular weight is 313 g/mol. The Balaban J connectivity index is 1.79. The summed E-state index contributed by atoms with van der Waals surface area (Å²) in [5.41, 5.74) is 2.04. The highest BCUT2D eigenvalue weighted by Crippen LogP contribution is 2.16. The summed E-state index contributed by atoms with van der Waals surface area (Å²) in [6, 6.07) is 15.3. The highest BCUT2D eigenvalue weighted by Gasteiger charge is 2.09.